The Morgan fingerprint density at radius 1 is 1.03 bits per heavy atom. The number of aromatic amines is 1. The molecule has 7 heteroatoms. The molecule has 0 spiro atoms. The van der Waals surface area contributed by atoms with Crippen LogP contribution in [0.5, 0.6) is 11.5 Å². The van der Waals surface area contributed by atoms with Gasteiger partial charge in [-0.25, -0.2) is 4.79 Å². The zero-order chi connectivity index (χ0) is 23.7. The second-order valence-electron chi connectivity index (χ2n) is 8.04. The average molecular weight is 493 g/mol. The Hall–Kier alpha value is -3.41. The summed E-state index contributed by atoms with van der Waals surface area (Å²) in [5.41, 5.74) is 4.04. The highest BCUT2D eigenvalue weighted by molar-refractivity contribution is 6.31. The molecule has 1 atom stereocenters. The Morgan fingerprint density at radius 2 is 1.74 bits per heavy atom. The van der Waals surface area contributed by atoms with Crippen LogP contribution in [0.2, 0.25) is 10.0 Å². The summed E-state index contributed by atoms with van der Waals surface area (Å²) in [5.74, 6) is 1.17. The van der Waals surface area contributed by atoms with Crippen molar-refractivity contribution in [3.8, 4) is 11.5 Å². The van der Waals surface area contributed by atoms with Gasteiger partial charge >= 0.3 is 6.09 Å². The van der Waals surface area contributed by atoms with Gasteiger partial charge in [-0.15, -0.1) is 0 Å². The molecule has 1 aliphatic rings. The molecule has 5 nitrogen and oxygen atoms in total. The van der Waals surface area contributed by atoms with E-state index in [0.29, 0.717) is 35.4 Å². The molecule has 1 amide bonds. The maximum absolute atomic E-state index is 13.3. The molecule has 0 fully saturated rings. The lowest BCUT2D eigenvalue weighted by atomic mass is 9.92. The molecule has 0 saturated heterocycles. The number of hydrogen-bond acceptors (Lipinski definition) is 3. The van der Waals surface area contributed by atoms with Crippen molar-refractivity contribution in [2.75, 3.05) is 13.2 Å². The second kappa shape index (κ2) is 9.45. The first-order valence-electron chi connectivity index (χ1n) is 10.9. The fourth-order valence-electron chi connectivity index (χ4n) is 4.37. The molecule has 0 aliphatic carbocycles. The van der Waals surface area contributed by atoms with Crippen molar-refractivity contribution in [2.24, 2.45) is 0 Å². The molecule has 2 heterocycles. The van der Waals surface area contributed by atoms with Gasteiger partial charge in [-0.1, -0.05) is 48.0 Å². The second-order valence-corrected chi connectivity index (χ2v) is 8.92. The lowest BCUT2D eigenvalue weighted by Gasteiger charge is -2.35. The molecule has 34 heavy (non-hydrogen) atoms. The SMILES string of the molecule is C=CCOc1ccc([C@H]2c3[nH]c4ccc(Cl)cc4c3CCN2C(=O)Oc2ccc(Cl)cc2)cc1. The molecule has 4 aromatic rings. The number of carbonyl (C=O) groups is 1. The number of ether oxygens (including phenoxy) is 2. The molecule has 3 aromatic carbocycles. The van der Waals surface area contributed by atoms with Gasteiger partial charge in [0.2, 0.25) is 0 Å². The highest BCUT2D eigenvalue weighted by atomic mass is 35.5. The van der Waals surface area contributed by atoms with Crippen LogP contribution in [-0.4, -0.2) is 29.1 Å². The quantitative estimate of drug-likeness (QED) is 0.300. The van der Waals surface area contributed by atoms with E-state index in [9.17, 15) is 4.79 Å². The van der Waals surface area contributed by atoms with Crippen molar-refractivity contribution in [3.05, 3.63) is 106 Å². The van der Waals surface area contributed by atoms with E-state index >= 15 is 0 Å². The fraction of sp³-hybridized carbons (Fsp3) is 0.148. The van der Waals surface area contributed by atoms with Crippen LogP contribution >= 0.6 is 23.2 Å². The lowest BCUT2D eigenvalue weighted by Crippen LogP contribution is -2.42. The maximum atomic E-state index is 13.3. The Kier molecular flexibility index (Phi) is 6.22. The van der Waals surface area contributed by atoms with Crippen LogP contribution in [0.3, 0.4) is 0 Å². The fourth-order valence-corrected chi connectivity index (χ4v) is 4.67. The summed E-state index contributed by atoms with van der Waals surface area (Å²) in [6, 6.07) is 19.9. The molecule has 5 rings (SSSR count). The van der Waals surface area contributed by atoms with E-state index in [0.717, 1.165) is 33.5 Å². The van der Waals surface area contributed by atoms with Crippen LogP contribution in [-0.2, 0) is 6.42 Å². The van der Waals surface area contributed by atoms with E-state index in [1.165, 1.54) is 0 Å². The van der Waals surface area contributed by atoms with E-state index in [-0.39, 0.29) is 6.04 Å². The largest absolute Gasteiger partial charge is 0.490 e. The number of hydrogen-bond donors (Lipinski definition) is 1. The third-order valence-electron chi connectivity index (χ3n) is 5.91. The van der Waals surface area contributed by atoms with Gasteiger partial charge in [-0.05, 0) is 72.1 Å². The Balaban J connectivity index is 1.54. The number of H-pyrrole nitrogens is 1. The van der Waals surface area contributed by atoms with Crippen LogP contribution in [0.15, 0.2) is 79.4 Å². The topological polar surface area (TPSA) is 54.6 Å². The first kappa shape index (κ1) is 22.4. The van der Waals surface area contributed by atoms with Crippen LogP contribution in [0, 0.1) is 0 Å². The summed E-state index contributed by atoms with van der Waals surface area (Å²) < 4.78 is 11.3. The maximum Gasteiger partial charge on any atom is 0.416 e. The normalized spacial score (nSPS) is 15.1. The van der Waals surface area contributed by atoms with E-state index < -0.39 is 6.09 Å². The van der Waals surface area contributed by atoms with E-state index in [1.54, 1.807) is 35.2 Å². The summed E-state index contributed by atoms with van der Waals surface area (Å²) in [6.45, 7) is 4.61. The number of amides is 1. The van der Waals surface area contributed by atoms with Gasteiger partial charge in [0.1, 0.15) is 24.1 Å². The highest BCUT2D eigenvalue weighted by Gasteiger charge is 2.35. The van der Waals surface area contributed by atoms with E-state index in [1.807, 2.05) is 42.5 Å². The number of rotatable bonds is 5. The van der Waals surface area contributed by atoms with Gasteiger partial charge in [-0.3, -0.25) is 4.90 Å². The molecule has 0 unspecified atom stereocenters. The molecule has 1 aliphatic heterocycles. The van der Waals surface area contributed by atoms with Crippen molar-refractivity contribution >= 4 is 40.2 Å². The van der Waals surface area contributed by atoms with Gasteiger partial charge in [0.15, 0.2) is 0 Å². The van der Waals surface area contributed by atoms with Crippen LogP contribution in [0.4, 0.5) is 4.79 Å². The number of nitrogens with zero attached hydrogens (tertiary/aromatic N) is 1. The van der Waals surface area contributed by atoms with Crippen molar-refractivity contribution in [2.45, 2.75) is 12.5 Å². The Labute approximate surface area is 207 Å². The van der Waals surface area contributed by atoms with Crippen molar-refractivity contribution < 1.29 is 14.3 Å². The first-order chi connectivity index (χ1) is 16.5. The number of benzene rings is 3. The molecule has 172 valence electrons. The van der Waals surface area contributed by atoms with Gasteiger partial charge < -0.3 is 14.5 Å². The molecule has 0 saturated carbocycles. The van der Waals surface area contributed by atoms with Crippen molar-refractivity contribution in [1.29, 1.82) is 0 Å². The minimum atomic E-state index is -0.429. The third kappa shape index (κ3) is 4.37. The van der Waals surface area contributed by atoms with Crippen LogP contribution in [0.25, 0.3) is 10.9 Å². The predicted molar refractivity (Wildman–Crippen MR) is 135 cm³/mol. The molecular formula is C27H22Cl2N2O3. The monoisotopic (exact) mass is 492 g/mol. The van der Waals surface area contributed by atoms with Gasteiger partial charge in [0.05, 0.1) is 0 Å². The number of carbonyl (C=O) groups excluding carboxylic acids is 1. The lowest BCUT2D eigenvalue weighted by molar-refractivity contribution is 0.135. The van der Waals surface area contributed by atoms with Gasteiger partial charge in [0.25, 0.3) is 0 Å². The minimum absolute atomic E-state index is 0.358. The molecule has 1 aromatic heterocycles. The summed E-state index contributed by atoms with van der Waals surface area (Å²) in [5, 5.41) is 2.33. The molecule has 0 bridgehead atoms. The number of aromatic nitrogens is 1. The molecule has 0 radical (unpaired) electrons. The van der Waals surface area contributed by atoms with Gasteiger partial charge in [0, 0.05) is 33.2 Å². The summed E-state index contributed by atoms with van der Waals surface area (Å²) in [7, 11) is 0. The predicted octanol–water partition coefficient (Wildman–Crippen LogP) is 7.19. The van der Waals surface area contributed by atoms with E-state index in [4.69, 9.17) is 32.7 Å². The highest BCUT2D eigenvalue weighted by Crippen LogP contribution is 2.40. The standard InChI is InChI=1S/C27H22Cl2N2O3/c1-2-15-33-20-8-3-17(4-9-20)26-25-22(23-16-19(29)7-12-24(23)30-25)13-14-31(26)27(32)34-21-10-5-18(28)6-11-21/h2-12,16,26,30H,1,13-15H2/t26-/m0/s1. The third-order valence-corrected chi connectivity index (χ3v) is 6.39. The van der Waals surface area contributed by atoms with Gasteiger partial charge in [-0.2, -0.15) is 0 Å². The van der Waals surface area contributed by atoms with Crippen molar-refractivity contribution in [3.63, 3.8) is 0 Å². The minimum Gasteiger partial charge on any atom is -0.490 e. The van der Waals surface area contributed by atoms with E-state index in [2.05, 4.69) is 11.6 Å². The Bertz CT molecular complexity index is 1350. The van der Waals surface area contributed by atoms with Crippen LogP contribution in [0.1, 0.15) is 22.9 Å². The number of nitrogens with one attached hydrogen (secondary N) is 1. The number of fused-ring (bicyclic) bond motifs is 3. The summed E-state index contributed by atoms with van der Waals surface area (Å²) >= 11 is 12.3. The smallest absolute Gasteiger partial charge is 0.416 e. The summed E-state index contributed by atoms with van der Waals surface area (Å²) in [6.07, 6.45) is 1.95. The summed E-state index contributed by atoms with van der Waals surface area (Å²) in [4.78, 5) is 18.6. The molecular weight excluding hydrogens is 471 g/mol. The number of halogens is 2. The molecule has 1 N–H and O–H groups in total. The zero-order valence-electron chi connectivity index (χ0n) is 18.3. The van der Waals surface area contributed by atoms with Crippen molar-refractivity contribution in [1.82, 2.24) is 9.88 Å². The zero-order valence-corrected chi connectivity index (χ0v) is 19.8. The Morgan fingerprint density at radius 3 is 2.47 bits per heavy atom. The first-order valence-corrected chi connectivity index (χ1v) is 11.7. The van der Waals surface area contributed by atoms with Crippen LogP contribution < -0.4 is 9.47 Å². The average Bonchev–Trinajstić information content (AvgIpc) is 3.21.